The van der Waals surface area contributed by atoms with Crippen molar-refractivity contribution in [3.63, 3.8) is 0 Å². The van der Waals surface area contributed by atoms with E-state index in [0.29, 0.717) is 11.1 Å². The van der Waals surface area contributed by atoms with Gasteiger partial charge in [-0.15, -0.1) is 0 Å². The predicted octanol–water partition coefficient (Wildman–Crippen LogP) is 3.42. The molecule has 0 aliphatic carbocycles. The van der Waals surface area contributed by atoms with Crippen LogP contribution in [0, 0.1) is 21.4 Å². The van der Waals surface area contributed by atoms with Gasteiger partial charge in [0.15, 0.2) is 6.61 Å². The van der Waals surface area contributed by atoms with Crippen molar-refractivity contribution in [2.75, 3.05) is 19.0 Å². The van der Waals surface area contributed by atoms with Gasteiger partial charge in [0.05, 0.1) is 28.8 Å². The Labute approximate surface area is 170 Å². The van der Waals surface area contributed by atoms with E-state index in [0.717, 1.165) is 17.5 Å². The second-order valence-corrected chi connectivity index (χ2v) is 6.08. The second kappa shape index (κ2) is 8.70. The molecule has 0 spiro atoms. The Balaban J connectivity index is 1.72. The van der Waals surface area contributed by atoms with Crippen LogP contribution in [0.3, 0.4) is 0 Å². The molecule has 0 unspecified atom stereocenters. The number of anilines is 1. The summed E-state index contributed by atoms with van der Waals surface area (Å²) in [5.41, 5.74) is -0.00122. The highest BCUT2D eigenvalue weighted by Crippen LogP contribution is 2.28. The summed E-state index contributed by atoms with van der Waals surface area (Å²) in [5, 5.41) is 23.7. The van der Waals surface area contributed by atoms with Crippen molar-refractivity contribution in [1.82, 2.24) is 0 Å². The van der Waals surface area contributed by atoms with Gasteiger partial charge in [-0.05, 0) is 23.6 Å². The molecule has 0 fully saturated rings. The maximum Gasteiger partial charge on any atom is 0.339 e. The Bertz CT molecular complexity index is 1200. The zero-order chi connectivity index (χ0) is 21.7. The van der Waals surface area contributed by atoms with Crippen LogP contribution in [-0.2, 0) is 9.53 Å². The molecule has 0 saturated carbocycles. The van der Waals surface area contributed by atoms with Gasteiger partial charge >= 0.3 is 5.97 Å². The molecule has 9 nitrogen and oxygen atoms in total. The molecule has 3 aromatic carbocycles. The topological polar surface area (TPSA) is 132 Å². The number of benzene rings is 3. The fraction of sp³-hybridized carbons (Fsp3) is 0.0952. The Morgan fingerprint density at radius 3 is 2.53 bits per heavy atom. The molecule has 30 heavy (non-hydrogen) atoms. The average molecular weight is 405 g/mol. The van der Waals surface area contributed by atoms with E-state index in [2.05, 4.69) is 5.32 Å². The van der Waals surface area contributed by atoms with E-state index < -0.39 is 23.4 Å². The SMILES string of the molecule is COc1ccc(C(=O)OCC(=O)Nc2ccc([N+](=O)[O-])cc2C#N)c2ccccc12. The Hall–Kier alpha value is -4.45. The lowest BCUT2D eigenvalue weighted by molar-refractivity contribution is -0.384. The van der Waals surface area contributed by atoms with Crippen molar-refractivity contribution in [3.8, 4) is 11.8 Å². The number of esters is 1. The average Bonchev–Trinajstić information content (AvgIpc) is 2.76. The van der Waals surface area contributed by atoms with E-state index >= 15 is 0 Å². The van der Waals surface area contributed by atoms with Gasteiger partial charge in [0.25, 0.3) is 11.6 Å². The number of nitrogens with one attached hydrogen (secondary N) is 1. The lowest BCUT2D eigenvalue weighted by Gasteiger charge is -2.11. The molecule has 3 aromatic rings. The molecule has 150 valence electrons. The zero-order valence-corrected chi connectivity index (χ0v) is 15.7. The summed E-state index contributed by atoms with van der Waals surface area (Å²) >= 11 is 0. The number of non-ortho nitro benzene ring substituents is 1. The third-order valence-corrected chi connectivity index (χ3v) is 4.27. The summed E-state index contributed by atoms with van der Waals surface area (Å²) in [4.78, 5) is 34.8. The first-order chi connectivity index (χ1) is 14.4. The smallest absolute Gasteiger partial charge is 0.339 e. The molecule has 0 aliphatic heterocycles. The molecule has 0 heterocycles. The molecule has 9 heteroatoms. The number of nitro groups is 1. The maximum atomic E-state index is 12.5. The summed E-state index contributed by atoms with van der Waals surface area (Å²) in [6.45, 7) is -0.596. The summed E-state index contributed by atoms with van der Waals surface area (Å²) < 4.78 is 10.4. The van der Waals surface area contributed by atoms with Crippen LogP contribution in [0.15, 0.2) is 54.6 Å². The molecule has 0 aliphatic rings. The third kappa shape index (κ3) is 4.18. The number of carbonyl (C=O) groups is 2. The van der Waals surface area contributed by atoms with Gasteiger partial charge in [0, 0.05) is 17.5 Å². The number of ether oxygens (including phenoxy) is 2. The Morgan fingerprint density at radius 1 is 1.13 bits per heavy atom. The number of hydrogen-bond donors (Lipinski definition) is 1. The maximum absolute atomic E-state index is 12.5. The van der Waals surface area contributed by atoms with Gasteiger partial charge < -0.3 is 14.8 Å². The molecule has 0 bridgehead atoms. The quantitative estimate of drug-likeness (QED) is 0.377. The van der Waals surface area contributed by atoms with Crippen LogP contribution >= 0.6 is 0 Å². The van der Waals surface area contributed by atoms with E-state index in [9.17, 15) is 19.7 Å². The van der Waals surface area contributed by atoms with E-state index in [1.165, 1.54) is 13.2 Å². The van der Waals surface area contributed by atoms with Crippen molar-refractivity contribution < 1.29 is 24.0 Å². The molecule has 0 atom stereocenters. The van der Waals surface area contributed by atoms with Crippen LogP contribution in [0.1, 0.15) is 15.9 Å². The number of hydrogen-bond acceptors (Lipinski definition) is 7. The van der Waals surface area contributed by atoms with Crippen molar-refractivity contribution >= 4 is 34.0 Å². The number of rotatable bonds is 6. The highest BCUT2D eigenvalue weighted by Gasteiger charge is 2.17. The van der Waals surface area contributed by atoms with Gasteiger partial charge in [-0.3, -0.25) is 14.9 Å². The number of fused-ring (bicyclic) bond motifs is 1. The second-order valence-electron chi connectivity index (χ2n) is 6.08. The van der Waals surface area contributed by atoms with Crippen LogP contribution in [-0.4, -0.2) is 30.5 Å². The first-order valence-electron chi connectivity index (χ1n) is 8.66. The molecular weight excluding hydrogens is 390 g/mol. The molecule has 3 rings (SSSR count). The predicted molar refractivity (Wildman–Crippen MR) is 107 cm³/mol. The normalized spacial score (nSPS) is 10.1. The van der Waals surface area contributed by atoms with Crippen LogP contribution in [0.2, 0.25) is 0 Å². The number of amides is 1. The third-order valence-electron chi connectivity index (χ3n) is 4.27. The van der Waals surface area contributed by atoms with Gasteiger partial charge in [-0.1, -0.05) is 24.3 Å². The molecule has 0 radical (unpaired) electrons. The van der Waals surface area contributed by atoms with Crippen LogP contribution in [0.5, 0.6) is 5.75 Å². The standard InChI is InChI=1S/C21H15N3O6/c1-29-19-9-7-17(15-4-2-3-5-16(15)19)21(26)30-12-20(25)23-18-8-6-14(24(27)28)10-13(18)11-22/h2-10H,12H2,1H3,(H,23,25). The van der Waals surface area contributed by atoms with Crippen molar-refractivity contribution in [2.24, 2.45) is 0 Å². The minimum absolute atomic E-state index is 0.0787. The molecule has 0 saturated heterocycles. The van der Waals surface area contributed by atoms with E-state index in [1.807, 2.05) is 6.07 Å². The van der Waals surface area contributed by atoms with E-state index in [4.69, 9.17) is 14.7 Å². The van der Waals surface area contributed by atoms with Gasteiger partial charge in [0.2, 0.25) is 0 Å². The number of methoxy groups -OCH3 is 1. The van der Waals surface area contributed by atoms with Gasteiger partial charge in [-0.25, -0.2) is 4.79 Å². The summed E-state index contributed by atoms with van der Waals surface area (Å²) in [6, 6.07) is 15.5. The fourth-order valence-electron chi connectivity index (χ4n) is 2.87. The van der Waals surface area contributed by atoms with Crippen LogP contribution in [0.4, 0.5) is 11.4 Å². The zero-order valence-electron chi connectivity index (χ0n) is 15.7. The van der Waals surface area contributed by atoms with Gasteiger partial charge in [0.1, 0.15) is 11.8 Å². The minimum atomic E-state index is -0.701. The van der Waals surface area contributed by atoms with E-state index in [1.54, 1.807) is 36.4 Å². The first-order valence-corrected chi connectivity index (χ1v) is 8.66. The number of carbonyl (C=O) groups excluding carboxylic acids is 2. The summed E-state index contributed by atoms with van der Waals surface area (Å²) in [7, 11) is 1.53. The van der Waals surface area contributed by atoms with Crippen molar-refractivity contribution in [3.05, 3.63) is 75.8 Å². The minimum Gasteiger partial charge on any atom is -0.496 e. The van der Waals surface area contributed by atoms with Crippen molar-refractivity contribution in [1.29, 1.82) is 5.26 Å². The van der Waals surface area contributed by atoms with Crippen molar-refractivity contribution in [2.45, 2.75) is 0 Å². The molecule has 1 N–H and O–H groups in total. The molecule has 1 amide bonds. The lowest BCUT2D eigenvalue weighted by Crippen LogP contribution is -2.21. The number of nitro benzene ring substituents is 1. The van der Waals surface area contributed by atoms with Crippen LogP contribution < -0.4 is 10.1 Å². The highest BCUT2D eigenvalue weighted by molar-refractivity contribution is 6.07. The number of nitrogens with zero attached hydrogens (tertiary/aromatic N) is 2. The van der Waals surface area contributed by atoms with Gasteiger partial charge in [-0.2, -0.15) is 5.26 Å². The molecule has 0 aromatic heterocycles. The largest absolute Gasteiger partial charge is 0.496 e. The summed E-state index contributed by atoms with van der Waals surface area (Å²) in [6.07, 6.45) is 0. The Kier molecular flexibility index (Phi) is 5.89. The monoisotopic (exact) mass is 405 g/mol. The Morgan fingerprint density at radius 2 is 1.87 bits per heavy atom. The first kappa shape index (κ1) is 20.3. The number of nitriles is 1. The fourth-order valence-corrected chi connectivity index (χ4v) is 2.87. The summed E-state index contributed by atoms with van der Waals surface area (Å²) in [5.74, 6) is -0.790. The highest BCUT2D eigenvalue weighted by atomic mass is 16.6. The lowest BCUT2D eigenvalue weighted by atomic mass is 10.0. The van der Waals surface area contributed by atoms with Crippen LogP contribution in [0.25, 0.3) is 10.8 Å². The molecular formula is C21H15N3O6. The van der Waals surface area contributed by atoms with E-state index in [-0.39, 0.29) is 22.5 Å².